The molecule has 1 saturated carbocycles. The van der Waals surface area contributed by atoms with Crippen LogP contribution in [0.15, 0.2) is 66.7 Å². The van der Waals surface area contributed by atoms with Gasteiger partial charge in [0.1, 0.15) is 0 Å². The molecule has 1 aliphatic rings. The van der Waals surface area contributed by atoms with Gasteiger partial charge in [-0.05, 0) is 54.3 Å². The molecule has 5 rings (SSSR count). The maximum Gasteiger partial charge on any atom is 0.503 e. The molecule has 0 aliphatic heterocycles. The Labute approximate surface area is 210 Å². The number of hydrogen-bond donors (Lipinski definition) is 4. The van der Waals surface area contributed by atoms with Crippen molar-refractivity contribution >= 4 is 34.6 Å². The molecule has 4 N–H and O–H groups in total. The van der Waals surface area contributed by atoms with E-state index >= 15 is 0 Å². The minimum Gasteiger partial charge on any atom is -0.450 e. The van der Waals surface area contributed by atoms with Gasteiger partial charge in [0, 0.05) is 17.2 Å². The third-order valence-electron chi connectivity index (χ3n) is 6.19. The second-order valence-corrected chi connectivity index (χ2v) is 8.72. The number of ketones is 1. The fourth-order valence-corrected chi connectivity index (χ4v) is 4.38. The minimum absolute atomic E-state index is 0.166. The third kappa shape index (κ3) is 6.46. The Morgan fingerprint density at radius 2 is 1.46 bits per heavy atom. The lowest BCUT2D eigenvalue weighted by molar-refractivity contribution is -0.137. The van der Waals surface area contributed by atoms with Crippen LogP contribution in [0, 0.1) is 5.92 Å². The first-order chi connectivity index (χ1) is 17.6. The molecule has 0 saturated heterocycles. The van der Waals surface area contributed by atoms with Gasteiger partial charge in [-0.15, -0.1) is 0 Å². The second-order valence-electron chi connectivity index (χ2n) is 8.72. The summed E-state index contributed by atoms with van der Waals surface area (Å²) in [6, 6.07) is 18.8. The van der Waals surface area contributed by atoms with Gasteiger partial charge < -0.3 is 20.5 Å². The molecule has 4 aromatic rings. The Morgan fingerprint density at radius 3 is 2.03 bits per heavy atom. The van der Waals surface area contributed by atoms with Crippen molar-refractivity contribution in [2.75, 3.05) is 5.32 Å². The maximum absolute atomic E-state index is 12.9. The molecule has 3 aromatic carbocycles. The number of aromatic nitrogens is 2. The zero-order valence-corrected chi connectivity index (χ0v) is 19.5. The molecular formula is C27H24F3N3O4. The van der Waals surface area contributed by atoms with Crippen LogP contribution in [0.2, 0.25) is 0 Å². The molecular weight excluding hydrogens is 487 g/mol. The van der Waals surface area contributed by atoms with E-state index in [1.54, 1.807) is 0 Å². The van der Waals surface area contributed by atoms with Crippen molar-refractivity contribution in [3.63, 3.8) is 0 Å². The lowest BCUT2D eigenvalue weighted by Gasteiger charge is -2.09. The van der Waals surface area contributed by atoms with Crippen molar-refractivity contribution in [1.29, 1.82) is 0 Å². The van der Waals surface area contributed by atoms with Crippen LogP contribution in [0.4, 0.5) is 29.6 Å². The standard InChI is InChI=1S/C26H22F3N3O.CH2O3/c27-26(28,29)20-11-14-22-23(15-20)32-25(31-22)30-21-12-9-17(10-13-21)16-5-7-19(8-6-16)24(33)18-3-1-2-4-18;2-1(3)4/h5-15,18H,1-4H2,(H2,30,31,32);(H2,2,3,4). The molecule has 0 amide bonds. The van der Waals surface area contributed by atoms with Crippen molar-refractivity contribution in [1.82, 2.24) is 9.97 Å². The van der Waals surface area contributed by atoms with Gasteiger partial charge in [0.15, 0.2) is 5.78 Å². The number of H-pyrrole nitrogens is 1. The van der Waals surface area contributed by atoms with E-state index in [2.05, 4.69) is 15.3 Å². The number of anilines is 2. The Hall–Kier alpha value is -4.34. The molecule has 7 nitrogen and oxygen atoms in total. The van der Waals surface area contributed by atoms with Gasteiger partial charge in [0.25, 0.3) is 0 Å². The van der Waals surface area contributed by atoms with Crippen LogP contribution >= 0.6 is 0 Å². The molecule has 0 unspecified atom stereocenters. The van der Waals surface area contributed by atoms with Crippen LogP contribution in [-0.4, -0.2) is 32.1 Å². The fourth-order valence-electron chi connectivity index (χ4n) is 4.38. The van der Waals surface area contributed by atoms with Gasteiger partial charge in [-0.2, -0.15) is 13.2 Å². The number of imidazole rings is 1. The predicted molar refractivity (Wildman–Crippen MR) is 133 cm³/mol. The molecule has 37 heavy (non-hydrogen) atoms. The van der Waals surface area contributed by atoms with Crippen molar-refractivity contribution in [2.24, 2.45) is 5.92 Å². The molecule has 1 heterocycles. The average Bonchev–Trinajstić information content (AvgIpc) is 3.53. The van der Waals surface area contributed by atoms with E-state index < -0.39 is 17.9 Å². The van der Waals surface area contributed by atoms with Crippen LogP contribution < -0.4 is 5.32 Å². The number of halogens is 3. The molecule has 0 bridgehead atoms. The Morgan fingerprint density at radius 1 is 0.892 bits per heavy atom. The van der Waals surface area contributed by atoms with Crippen LogP contribution in [-0.2, 0) is 6.18 Å². The van der Waals surface area contributed by atoms with Gasteiger partial charge in [0.2, 0.25) is 5.95 Å². The number of alkyl halides is 3. The molecule has 1 aromatic heterocycles. The normalized spacial score (nSPS) is 13.7. The summed E-state index contributed by atoms with van der Waals surface area (Å²) in [6.07, 6.45) is -1.98. The number of Topliss-reactive ketones (excluding diaryl/α,β-unsaturated/α-hetero) is 1. The fraction of sp³-hybridized carbons (Fsp3) is 0.222. The molecule has 192 valence electrons. The lowest BCUT2D eigenvalue weighted by Crippen LogP contribution is -2.10. The topological polar surface area (TPSA) is 115 Å². The zero-order chi connectivity index (χ0) is 26.6. The van der Waals surface area contributed by atoms with Gasteiger partial charge in [-0.1, -0.05) is 49.2 Å². The first-order valence-corrected chi connectivity index (χ1v) is 11.6. The Balaban J connectivity index is 0.000000747. The second kappa shape index (κ2) is 10.7. The molecule has 1 aliphatic carbocycles. The molecule has 0 atom stereocenters. The number of hydrogen-bond acceptors (Lipinski definition) is 4. The predicted octanol–water partition coefficient (Wildman–Crippen LogP) is 7.59. The summed E-state index contributed by atoms with van der Waals surface area (Å²) in [5.41, 5.74) is 3.58. The number of nitrogens with one attached hydrogen (secondary N) is 2. The van der Waals surface area contributed by atoms with Gasteiger partial charge in [-0.3, -0.25) is 4.79 Å². The summed E-state index contributed by atoms with van der Waals surface area (Å²) in [4.78, 5) is 28.3. The van der Waals surface area contributed by atoms with E-state index in [0.29, 0.717) is 17.0 Å². The number of benzene rings is 3. The van der Waals surface area contributed by atoms with E-state index in [0.717, 1.165) is 60.2 Å². The highest BCUT2D eigenvalue weighted by atomic mass is 19.4. The quantitative estimate of drug-likeness (QED) is 0.205. The number of carbonyl (C=O) groups is 2. The van der Waals surface area contributed by atoms with E-state index in [1.807, 2.05) is 48.5 Å². The summed E-state index contributed by atoms with van der Waals surface area (Å²) < 4.78 is 38.7. The Kier molecular flexibility index (Phi) is 7.47. The van der Waals surface area contributed by atoms with Crippen molar-refractivity contribution in [3.05, 3.63) is 77.9 Å². The molecule has 1 fully saturated rings. The Bertz CT molecular complexity index is 1390. The molecule has 10 heteroatoms. The largest absolute Gasteiger partial charge is 0.503 e. The van der Waals surface area contributed by atoms with Crippen LogP contribution in [0.1, 0.15) is 41.6 Å². The van der Waals surface area contributed by atoms with Crippen molar-refractivity contribution in [3.8, 4) is 11.1 Å². The number of nitrogens with zero attached hydrogens (tertiary/aromatic N) is 1. The first kappa shape index (κ1) is 25.7. The number of aromatic amines is 1. The maximum atomic E-state index is 12.9. The number of rotatable bonds is 5. The van der Waals surface area contributed by atoms with Gasteiger partial charge >= 0.3 is 12.3 Å². The zero-order valence-electron chi connectivity index (χ0n) is 19.5. The smallest absolute Gasteiger partial charge is 0.450 e. The van der Waals surface area contributed by atoms with Crippen molar-refractivity contribution in [2.45, 2.75) is 31.9 Å². The number of carboxylic acid groups (broad SMARTS) is 2. The summed E-state index contributed by atoms with van der Waals surface area (Å²) >= 11 is 0. The molecule has 0 radical (unpaired) electrons. The summed E-state index contributed by atoms with van der Waals surface area (Å²) in [7, 11) is 0. The lowest BCUT2D eigenvalue weighted by atomic mass is 9.94. The number of carbonyl (C=O) groups excluding carboxylic acids is 1. The van der Waals surface area contributed by atoms with Crippen LogP contribution in [0.3, 0.4) is 0 Å². The van der Waals surface area contributed by atoms with E-state index in [9.17, 15) is 18.0 Å². The summed E-state index contributed by atoms with van der Waals surface area (Å²) in [5, 5.41) is 17.0. The van der Waals surface area contributed by atoms with Crippen LogP contribution in [0.25, 0.3) is 22.2 Å². The SMILES string of the molecule is O=C(O)O.O=C(c1ccc(-c2ccc(Nc3nc4ccc(C(F)(F)F)cc4[nH]3)cc2)cc1)C1CCCC1. The summed E-state index contributed by atoms with van der Waals surface area (Å²) in [5.74, 6) is 0.776. The minimum atomic E-state index is -4.40. The summed E-state index contributed by atoms with van der Waals surface area (Å²) in [6.45, 7) is 0. The van der Waals surface area contributed by atoms with E-state index in [4.69, 9.17) is 15.0 Å². The van der Waals surface area contributed by atoms with E-state index in [1.165, 1.54) is 6.07 Å². The number of fused-ring (bicyclic) bond motifs is 1. The van der Waals surface area contributed by atoms with Crippen LogP contribution in [0.5, 0.6) is 0 Å². The average molecular weight is 512 g/mol. The third-order valence-corrected chi connectivity index (χ3v) is 6.19. The highest BCUT2D eigenvalue weighted by Crippen LogP contribution is 2.32. The van der Waals surface area contributed by atoms with Gasteiger partial charge in [-0.25, -0.2) is 9.78 Å². The highest BCUT2D eigenvalue weighted by Gasteiger charge is 2.30. The van der Waals surface area contributed by atoms with Crippen molar-refractivity contribution < 1.29 is 33.0 Å². The monoisotopic (exact) mass is 511 g/mol. The van der Waals surface area contributed by atoms with Gasteiger partial charge in [0.05, 0.1) is 16.6 Å². The molecule has 0 spiro atoms. The first-order valence-electron chi connectivity index (χ1n) is 11.6. The van der Waals surface area contributed by atoms with E-state index in [-0.39, 0.29) is 11.7 Å². The highest BCUT2D eigenvalue weighted by molar-refractivity contribution is 5.98.